The van der Waals surface area contributed by atoms with Crippen LogP contribution in [0, 0.1) is 5.92 Å². The van der Waals surface area contributed by atoms with Gasteiger partial charge in [-0.1, -0.05) is 34.6 Å². The zero-order valence-corrected chi connectivity index (χ0v) is 12.0. The second-order valence-corrected chi connectivity index (χ2v) is 5.13. The molecule has 0 spiro atoms. The predicted octanol–water partition coefficient (Wildman–Crippen LogP) is 2.47. The molecule has 0 saturated carbocycles. The van der Waals surface area contributed by atoms with Gasteiger partial charge in [0.2, 0.25) is 0 Å². The van der Waals surface area contributed by atoms with Crippen molar-refractivity contribution in [2.75, 3.05) is 12.3 Å². The maximum atomic E-state index is 11.6. The van der Waals surface area contributed by atoms with Gasteiger partial charge in [0.15, 0.2) is 0 Å². The molecule has 1 heterocycles. The van der Waals surface area contributed by atoms with E-state index < -0.39 is 0 Å². The molecule has 0 bridgehead atoms. The normalized spacial score (nSPS) is 21.5. The standard InChI is InChI=1S/C10H20N2OS.C2H6.H2/c1-4-8(13)9(7(2)3)12-10-11-5-6-14-10;1-2;/h7,9-12H,4-6H2,1-3H3;1-2H3;1H/t9-,10?;;/m0../s1. The van der Waals surface area contributed by atoms with Gasteiger partial charge in [-0.05, 0) is 5.92 Å². The van der Waals surface area contributed by atoms with Crippen molar-refractivity contribution in [3.8, 4) is 0 Å². The molecule has 3 nitrogen and oxygen atoms in total. The highest BCUT2D eigenvalue weighted by molar-refractivity contribution is 8.00. The Balaban J connectivity index is 0. The van der Waals surface area contributed by atoms with E-state index in [-0.39, 0.29) is 13.0 Å². The molecule has 1 aliphatic rings. The first-order valence-electron chi connectivity index (χ1n) is 6.29. The van der Waals surface area contributed by atoms with Gasteiger partial charge in [0.1, 0.15) is 11.3 Å². The Morgan fingerprint density at radius 1 is 1.56 bits per heavy atom. The summed E-state index contributed by atoms with van der Waals surface area (Å²) in [5.74, 6) is 1.81. The number of thioether (sulfide) groups is 1. The van der Waals surface area contributed by atoms with Crippen LogP contribution in [-0.4, -0.2) is 29.6 Å². The average Bonchev–Trinajstić information content (AvgIpc) is 2.80. The molecular weight excluding hydrogens is 220 g/mol. The number of carbonyl (C=O) groups excluding carboxylic acids is 1. The number of Topliss-reactive ketones (excluding diaryl/α,β-unsaturated/α-hetero) is 1. The van der Waals surface area contributed by atoms with Gasteiger partial charge in [-0.25, -0.2) is 0 Å². The molecule has 2 atom stereocenters. The molecule has 4 heteroatoms. The summed E-state index contributed by atoms with van der Waals surface area (Å²) < 4.78 is 0. The monoisotopic (exact) mass is 248 g/mol. The number of nitrogens with one attached hydrogen (secondary N) is 2. The van der Waals surface area contributed by atoms with Crippen molar-refractivity contribution in [2.45, 2.75) is 52.6 Å². The predicted molar refractivity (Wildman–Crippen MR) is 74.8 cm³/mol. The highest BCUT2D eigenvalue weighted by atomic mass is 32.2. The summed E-state index contributed by atoms with van der Waals surface area (Å²) in [6, 6.07) is 0.00287. The molecule has 1 fully saturated rings. The molecule has 0 aromatic carbocycles. The van der Waals surface area contributed by atoms with Crippen LogP contribution in [0.25, 0.3) is 0 Å². The highest BCUT2D eigenvalue weighted by Gasteiger charge is 2.25. The minimum atomic E-state index is 0. The molecule has 0 aromatic rings. The molecule has 98 valence electrons. The summed E-state index contributed by atoms with van der Waals surface area (Å²) >= 11 is 1.84. The van der Waals surface area contributed by atoms with Crippen molar-refractivity contribution in [1.82, 2.24) is 10.6 Å². The number of rotatable bonds is 5. The number of ketones is 1. The molecule has 2 N–H and O–H groups in total. The van der Waals surface area contributed by atoms with E-state index in [2.05, 4.69) is 24.5 Å². The van der Waals surface area contributed by atoms with Gasteiger partial charge in [-0.2, -0.15) is 0 Å². The van der Waals surface area contributed by atoms with Crippen LogP contribution in [0.2, 0.25) is 0 Å². The van der Waals surface area contributed by atoms with E-state index in [1.54, 1.807) is 0 Å². The lowest BCUT2D eigenvalue weighted by Crippen LogP contribution is -2.48. The van der Waals surface area contributed by atoms with E-state index in [0.29, 0.717) is 18.1 Å². The summed E-state index contributed by atoms with van der Waals surface area (Å²) in [5.41, 5.74) is 0.262. The minimum absolute atomic E-state index is 0. The van der Waals surface area contributed by atoms with Gasteiger partial charge in [0, 0.05) is 20.1 Å². The Labute approximate surface area is 106 Å². The van der Waals surface area contributed by atoms with Crippen LogP contribution in [0.5, 0.6) is 0 Å². The van der Waals surface area contributed by atoms with E-state index in [4.69, 9.17) is 0 Å². The Kier molecular flexibility index (Phi) is 8.99. The molecular formula is C12H28N2OS. The molecule has 0 aliphatic carbocycles. The van der Waals surface area contributed by atoms with Crippen LogP contribution >= 0.6 is 11.8 Å². The molecule has 0 amide bonds. The first kappa shape index (κ1) is 15.9. The Morgan fingerprint density at radius 3 is 2.56 bits per heavy atom. The van der Waals surface area contributed by atoms with Gasteiger partial charge in [-0.15, -0.1) is 11.8 Å². The zero-order valence-electron chi connectivity index (χ0n) is 11.2. The first-order valence-corrected chi connectivity index (χ1v) is 7.33. The second-order valence-electron chi connectivity index (χ2n) is 3.91. The molecule has 0 radical (unpaired) electrons. The van der Waals surface area contributed by atoms with E-state index in [1.807, 2.05) is 32.5 Å². The van der Waals surface area contributed by atoms with E-state index in [1.165, 1.54) is 0 Å². The number of carbonyl (C=O) groups is 1. The van der Waals surface area contributed by atoms with Crippen LogP contribution in [0.15, 0.2) is 0 Å². The average molecular weight is 248 g/mol. The van der Waals surface area contributed by atoms with Gasteiger partial charge in [0.05, 0.1) is 6.04 Å². The van der Waals surface area contributed by atoms with Crippen molar-refractivity contribution in [3.63, 3.8) is 0 Å². The second kappa shape index (κ2) is 9.02. The largest absolute Gasteiger partial charge is 0.298 e. The lowest BCUT2D eigenvalue weighted by Gasteiger charge is -2.24. The summed E-state index contributed by atoms with van der Waals surface area (Å²) in [7, 11) is 0. The maximum Gasteiger partial charge on any atom is 0.149 e. The molecule has 1 aliphatic heterocycles. The van der Waals surface area contributed by atoms with E-state index >= 15 is 0 Å². The molecule has 1 rings (SSSR count). The van der Waals surface area contributed by atoms with Crippen LogP contribution < -0.4 is 10.6 Å². The Hall–Kier alpha value is -0.0600. The number of hydrogen-bond acceptors (Lipinski definition) is 4. The van der Waals surface area contributed by atoms with Gasteiger partial charge >= 0.3 is 0 Å². The van der Waals surface area contributed by atoms with Crippen molar-refractivity contribution < 1.29 is 6.22 Å². The van der Waals surface area contributed by atoms with Crippen molar-refractivity contribution in [2.24, 2.45) is 5.92 Å². The third-order valence-electron chi connectivity index (χ3n) is 2.41. The Bertz CT molecular complexity index is 197. The molecule has 0 aromatic heterocycles. The van der Waals surface area contributed by atoms with Gasteiger partial charge < -0.3 is 0 Å². The van der Waals surface area contributed by atoms with Crippen LogP contribution in [0.4, 0.5) is 0 Å². The molecule has 16 heavy (non-hydrogen) atoms. The zero-order chi connectivity index (χ0) is 12.6. The fourth-order valence-corrected chi connectivity index (χ4v) is 2.52. The topological polar surface area (TPSA) is 41.1 Å². The maximum absolute atomic E-state index is 11.6. The summed E-state index contributed by atoms with van der Waals surface area (Å²) in [6.45, 7) is 11.1. The smallest absolute Gasteiger partial charge is 0.149 e. The SMILES string of the molecule is CC.CCC(=O)[C@@H](NC1NCCS1)C(C)C.[HH]. The Morgan fingerprint density at radius 2 is 2.19 bits per heavy atom. The lowest BCUT2D eigenvalue weighted by molar-refractivity contribution is -0.121. The third kappa shape index (κ3) is 5.32. The van der Waals surface area contributed by atoms with Crippen LogP contribution in [0.3, 0.4) is 0 Å². The summed E-state index contributed by atoms with van der Waals surface area (Å²) in [5, 5.41) is 6.69. The van der Waals surface area contributed by atoms with Gasteiger partial charge in [0.25, 0.3) is 0 Å². The quantitative estimate of drug-likeness (QED) is 0.784. The lowest BCUT2D eigenvalue weighted by atomic mass is 9.99. The van der Waals surface area contributed by atoms with E-state index in [0.717, 1.165) is 12.3 Å². The van der Waals surface area contributed by atoms with E-state index in [9.17, 15) is 4.79 Å². The summed E-state index contributed by atoms with van der Waals surface area (Å²) in [4.78, 5) is 11.6. The van der Waals surface area contributed by atoms with Gasteiger partial charge in [-0.3, -0.25) is 15.4 Å². The molecule has 1 unspecified atom stereocenters. The molecule has 1 saturated heterocycles. The minimum Gasteiger partial charge on any atom is -0.298 e. The van der Waals surface area contributed by atoms with Crippen molar-refractivity contribution in [1.29, 1.82) is 0 Å². The number of hydrogen-bond donors (Lipinski definition) is 2. The summed E-state index contributed by atoms with van der Waals surface area (Å²) in [6.07, 6.45) is 0.618. The van der Waals surface area contributed by atoms with Crippen molar-refractivity contribution in [3.05, 3.63) is 0 Å². The fraction of sp³-hybridized carbons (Fsp3) is 0.917. The fourth-order valence-electron chi connectivity index (χ4n) is 1.57. The third-order valence-corrected chi connectivity index (χ3v) is 3.49. The highest BCUT2D eigenvalue weighted by Crippen LogP contribution is 2.14. The van der Waals surface area contributed by atoms with Crippen LogP contribution in [0.1, 0.15) is 42.5 Å². The first-order chi connectivity index (χ1) is 7.65. The van der Waals surface area contributed by atoms with Crippen LogP contribution in [-0.2, 0) is 4.79 Å². The van der Waals surface area contributed by atoms with Crippen molar-refractivity contribution >= 4 is 17.5 Å².